The molecule has 0 amide bonds. The van der Waals surface area contributed by atoms with Gasteiger partial charge in [-0.15, -0.1) is 0 Å². The van der Waals surface area contributed by atoms with Crippen molar-refractivity contribution >= 4 is 16.0 Å². The topological polar surface area (TPSA) is 83.9 Å². The molecule has 24 heavy (non-hydrogen) atoms. The Morgan fingerprint density at radius 3 is 2.42 bits per heavy atom. The molecule has 2 aromatic carbocycles. The Bertz CT molecular complexity index is 815. The monoisotopic (exact) mass is 349 g/mol. The molecule has 1 N–H and O–H groups in total. The van der Waals surface area contributed by atoms with Crippen LogP contribution in [0.2, 0.25) is 0 Å². The van der Waals surface area contributed by atoms with Gasteiger partial charge < -0.3 is 9.84 Å². The van der Waals surface area contributed by atoms with Gasteiger partial charge in [-0.25, -0.2) is 8.42 Å². The summed E-state index contributed by atoms with van der Waals surface area (Å²) in [7, 11) is -2.41. The molecule has 0 saturated heterocycles. The molecule has 2 rings (SSSR count). The zero-order valence-electron chi connectivity index (χ0n) is 13.5. The second-order valence-electron chi connectivity index (χ2n) is 5.33. The van der Waals surface area contributed by atoms with Gasteiger partial charge in [0.05, 0.1) is 12.0 Å². The highest BCUT2D eigenvalue weighted by molar-refractivity contribution is 7.89. The van der Waals surface area contributed by atoms with Crippen LogP contribution in [-0.2, 0) is 21.4 Å². The Labute approximate surface area is 141 Å². The van der Waals surface area contributed by atoms with Crippen molar-refractivity contribution < 1.29 is 23.1 Å². The minimum absolute atomic E-state index is 0.0558. The first-order valence-corrected chi connectivity index (χ1v) is 8.68. The third-order valence-electron chi connectivity index (χ3n) is 3.46. The highest BCUT2D eigenvalue weighted by Gasteiger charge is 2.26. The van der Waals surface area contributed by atoms with Crippen molar-refractivity contribution in [3.63, 3.8) is 0 Å². The summed E-state index contributed by atoms with van der Waals surface area (Å²) in [6.07, 6.45) is 0. The maximum atomic E-state index is 12.8. The van der Waals surface area contributed by atoms with Crippen molar-refractivity contribution in [3.05, 3.63) is 59.7 Å². The smallest absolute Gasteiger partial charge is 0.318 e. The van der Waals surface area contributed by atoms with Crippen molar-refractivity contribution in [1.29, 1.82) is 0 Å². The number of carboxylic acid groups (broad SMARTS) is 1. The van der Waals surface area contributed by atoms with Crippen LogP contribution in [-0.4, -0.2) is 37.5 Å². The van der Waals surface area contributed by atoms with Gasteiger partial charge in [0.15, 0.2) is 0 Å². The van der Waals surface area contributed by atoms with Crippen LogP contribution in [0.4, 0.5) is 0 Å². The Morgan fingerprint density at radius 1 is 1.17 bits per heavy atom. The Hall–Kier alpha value is -2.38. The quantitative estimate of drug-likeness (QED) is 0.829. The molecule has 7 heteroatoms. The number of nitrogens with zero attached hydrogens (tertiary/aromatic N) is 1. The van der Waals surface area contributed by atoms with Crippen LogP contribution < -0.4 is 4.74 Å². The molecule has 0 unspecified atom stereocenters. The minimum Gasteiger partial charge on any atom is -0.497 e. The first-order chi connectivity index (χ1) is 11.3. The van der Waals surface area contributed by atoms with E-state index in [4.69, 9.17) is 9.84 Å². The van der Waals surface area contributed by atoms with Gasteiger partial charge in [0.25, 0.3) is 0 Å². The van der Waals surface area contributed by atoms with E-state index in [9.17, 15) is 13.2 Å². The van der Waals surface area contributed by atoms with E-state index >= 15 is 0 Å². The predicted octanol–water partition coefficient (Wildman–Crippen LogP) is 2.28. The lowest BCUT2D eigenvalue weighted by atomic mass is 10.2. The van der Waals surface area contributed by atoms with E-state index < -0.39 is 22.5 Å². The van der Waals surface area contributed by atoms with Crippen LogP contribution in [0.3, 0.4) is 0 Å². The summed E-state index contributed by atoms with van der Waals surface area (Å²) in [5, 5.41) is 9.09. The number of ether oxygens (including phenoxy) is 1. The lowest BCUT2D eigenvalue weighted by molar-refractivity contribution is -0.137. The third-order valence-corrected chi connectivity index (χ3v) is 5.27. The molecule has 0 saturated carbocycles. The van der Waals surface area contributed by atoms with Gasteiger partial charge in [0.1, 0.15) is 12.3 Å². The number of hydrogen-bond acceptors (Lipinski definition) is 4. The molecular weight excluding hydrogens is 330 g/mol. The number of rotatable bonds is 7. The molecule has 6 nitrogen and oxygen atoms in total. The summed E-state index contributed by atoms with van der Waals surface area (Å²) in [5.41, 5.74) is 1.57. The largest absolute Gasteiger partial charge is 0.497 e. The molecule has 128 valence electrons. The first kappa shape index (κ1) is 18.0. The minimum atomic E-state index is -3.92. The summed E-state index contributed by atoms with van der Waals surface area (Å²) in [5.74, 6) is -0.635. The Morgan fingerprint density at radius 2 is 1.83 bits per heavy atom. The highest BCUT2D eigenvalue weighted by atomic mass is 32.2. The number of benzene rings is 2. The van der Waals surface area contributed by atoms with Crippen LogP contribution in [0.25, 0.3) is 0 Å². The van der Waals surface area contributed by atoms with Gasteiger partial charge in [-0.2, -0.15) is 4.31 Å². The average molecular weight is 349 g/mol. The number of carbonyl (C=O) groups is 1. The van der Waals surface area contributed by atoms with Gasteiger partial charge in [-0.05, 0) is 36.8 Å². The maximum absolute atomic E-state index is 12.8. The zero-order valence-corrected chi connectivity index (χ0v) is 14.3. The van der Waals surface area contributed by atoms with Crippen molar-refractivity contribution in [2.75, 3.05) is 13.7 Å². The summed E-state index contributed by atoms with van der Waals surface area (Å²) in [6.45, 7) is 1.18. The fourth-order valence-corrected chi connectivity index (χ4v) is 3.59. The lowest BCUT2D eigenvalue weighted by Crippen LogP contribution is -2.35. The molecule has 0 radical (unpaired) electrons. The third kappa shape index (κ3) is 4.33. The van der Waals surface area contributed by atoms with Crippen molar-refractivity contribution in [2.45, 2.75) is 18.4 Å². The molecule has 0 spiro atoms. The van der Waals surface area contributed by atoms with Gasteiger partial charge in [0.2, 0.25) is 10.0 Å². The molecule has 0 aliphatic carbocycles. The molecular formula is C17H19NO5S. The van der Waals surface area contributed by atoms with E-state index in [1.54, 1.807) is 36.4 Å². The summed E-state index contributed by atoms with van der Waals surface area (Å²) < 4.78 is 31.6. The average Bonchev–Trinajstić information content (AvgIpc) is 2.54. The molecule has 0 bridgehead atoms. The van der Waals surface area contributed by atoms with E-state index in [0.29, 0.717) is 11.3 Å². The summed E-state index contributed by atoms with van der Waals surface area (Å²) >= 11 is 0. The maximum Gasteiger partial charge on any atom is 0.318 e. The van der Waals surface area contributed by atoms with Crippen molar-refractivity contribution in [3.8, 4) is 5.75 Å². The first-order valence-electron chi connectivity index (χ1n) is 7.24. The molecule has 0 aliphatic rings. The van der Waals surface area contributed by atoms with Crippen LogP contribution in [0.1, 0.15) is 11.1 Å². The van der Waals surface area contributed by atoms with Crippen molar-refractivity contribution in [2.24, 2.45) is 0 Å². The zero-order chi connectivity index (χ0) is 17.7. The summed E-state index contributed by atoms with van der Waals surface area (Å²) in [4.78, 5) is 11.2. The fourth-order valence-electron chi connectivity index (χ4n) is 2.21. The number of carboxylic acids is 1. The molecule has 0 fully saturated rings. The number of aliphatic carboxylic acids is 1. The second-order valence-corrected chi connectivity index (χ2v) is 7.27. The molecule has 2 aromatic rings. The lowest BCUT2D eigenvalue weighted by Gasteiger charge is -2.21. The van der Waals surface area contributed by atoms with Crippen LogP contribution in [0.5, 0.6) is 5.75 Å². The van der Waals surface area contributed by atoms with Crippen LogP contribution in [0, 0.1) is 6.92 Å². The second kappa shape index (κ2) is 7.46. The van der Waals surface area contributed by atoms with E-state index in [-0.39, 0.29) is 11.4 Å². The standard InChI is InChI=1S/C17H19NO5S/c1-13-6-8-16(9-7-13)24(21,22)18(12-17(19)20)11-14-4-3-5-15(10-14)23-2/h3-10H,11-12H2,1-2H3,(H,19,20). The van der Waals surface area contributed by atoms with E-state index in [2.05, 4.69) is 0 Å². The van der Waals surface area contributed by atoms with Gasteiger partial charge >= 0.3 is 5.97 Å². The Kier molecular flexibility index (Phi) is 5.58. The van der Waals surface area contributed by atoms with E-state index in [1.165, 1.54) is 19.2 Å². The number of methoxy groups -OCH3 is 1. The normalized spacial score (nSPS) is 11.5. The molecule has 0 aromatic heterocycles. The van der Waals surface area contributed by atoms with E-state index in [0.717, 1.165) is 9.87 Å². The van der Waals surface area contributed by atoms with Crippen molar-refractivity contribution in [1.82, 2.24) is 4.31 Å². The predicted molar refractivity (Wildman–Crippen MR) is 89.4 cm³/mol. The Balaban J connectivity index is 2.36. The van der Waals surface area contributed by atoms with E-state index in [1.807, 2.05) is 6.92 Å². The number of sulfonamides is 1. The van der Waals surface area contributed by atoms with Gasteiger partial charge in [-0.1, -0.05) is 29.8 Å². The van der Waals surface area contributed by atoms with Gasteiger partial charge in [-0.3, -0.25) is 4.79 Å². The fraction of sp³-hybridized carbons (Fsp3) is 0.235. The van der Waals surface area contributed by atoms with Crippen LogP contribution >= 0.6 is 0 Å². The highest BCUT2D eigenvalue weighted by Crippen LogP contribution is 2.21. The summed E-state index contributed by atoms with van der Waals surface area (Å²) in [6, 6.07) is 13.2. The number of hydrogen-bond donors (Lipinski definition) is 1. The SMILES string of the molecule is COc1cccc(CN(CC(=O)O)S(=O)(=O)c2ccc(C)cc2)c1. The molecule has 0 aliphatic heterocycles. The van der Waals surface area contributed by atoms with Gasteiger partial charge in [0, 0.05) is 6.54 Å². The molecule has 0 atom stereocenters. The molecule has 0 heterocycles. The number of aryl methyl sites for hydroxylation is 1. The van der Waals surface area contributed by atoms with Crippen LogP contribution in [0.15, 0.2) is 53.4 Å².